The van der Waals surface area contributed by atoms with E-state index < -0.39 is 0 Å². The van der Waals surface area contributed by atoms with Crippen molar-refractivity contribution in [1.82, 2.24) is 9.88 Å². The summed E-state index contributed by atoms with van der Waals surface area (Å²) in [5, 5.41) is 0. The first-order valence-corrected chi connectivity index (χ1v) is 9.11. The lowest BCUT2D eigenvalue weighted by atomic mass is 10.1. The van der Waals surface area contributed by atoms with Crippen LogP contribution in [0, 0.1) is 0 Å². The van der Waals surface area contributed by atoms with Gasteiger partial charge in [0.1, 0.15) is 6.61 Å². The minimum absolute atomic E-state index is 0.0541. The van der Waals surface area contributed by atoms with Gasteiger partial charge in [-0.05, 0) is 29.2 Å². The van der Waals surface area contributed by atoms with Crippen LogP contribution in [0.2, 0.25) is 0 Å². The average molecular weight is 360 g/mol. The lowest BCUT2D eigenvalue weighted by Gasteiger charge is -2.18. The molecule has 0 bridgehead atoms. The van der Waals surface area contributed by atoms with Crippen LogP contribution in [-0.2, 0) is 19.6 Å². The molecule has 0 aliphatic carbocycles. The zero-order valence-electron chi connectivity index (χ0n) is 15.8. The molecule has 4 nitrogen and oxygen atoms in total. The molecule has 0 aliphatic heterocycles. The molecular weight excluding hydrogens is 336 g/mol. The number of aromatic nitrogens is 1. The third kappa shape index (κ3) is 5.17. The van der Waals surface area contributed by atoms with Crippen LogP contribution in [0.4, 0.5) is 0 Å². The molecule has 0 radical (unpaired) electrons. The number of hydrogen-bond acceptors (Lipinski definition) is 3. The molecule has 0 saturated heterocycles. The van der Waals surface area contributed by atoms with Gasteiger partial charge in [-0.1, -0.05) is 61.5 Å². The average Bonchev–Trinajstić information content (AvgIpc) is 2.73. The van der Waals surface area contributed by atoms with Gasteiger partial charge in [-0.3, -0.25) is 4.79 Å². The van der Waals surface area contributed by atoms with E-state index in [-0.39, 0.29) is 5.91 Å². The van der Waals surface area contributed by atoms with Gasteiger partial charge in [0.25, 0.3) is 5.91 Å². The number of amides is 1. The summed E-state index contributed by atoms with van der Waals surface area (Å²) in [5.74, 6) is 0.395. The molecule has 0 saturated carbocycles. The highest BCUT2D eigenvalue weighted by Gasteiger charge is 2.13. The summed E-state index contributed by atoms with van der Waals surface area (Å²) in [4.78, 5) is 18.7. The zero-order chi connectivity index (χ0) is 19.1. The van der Waals surface area contributed by atoms with Crippen LogP contribution in [0.5, 0.6) is 5.88 Å². The maximum Gasteiger partial charge on any atom is 0.254 e. The van der Waals surface area contributed by atoms with Crippen molar-refractivity contribution < 1.29 is 9.53 Å². The predicted molar refractivity (Wildman–Crippen MR) is 107 cm³/mol. The van der Waals surface area contributed by atoms with E-state index in [0.29, 0.717) is 24.6 Å². The standard InChI is InChI=1S/C23H24N2O2/c1-3-18-9-11-19(12-10-18)16-25(2)23(26)21-13-14-24-22(15-21)27-17-20-7-5-4-6-8-20/h4-15H,3,16-17H2,1-2H3. The molecule has 0 spiro atoms. The molecule has 0 unspecified atom stereocenters. The molecule has 27 heavy (non-hydrogen) atoms. The summed E-state index contributed by atoms with van der Waals surface area (Å²) < 4.78 is 5.72. The summed E-state index contributed by atoms with van der Waals surface area (Å²) in [6, 6.07) is 21.7. The van der Waals surface area contributed by atoms with Gasteiger partial charge in [-0.2, -0.15) is 0 Å². The number of pyridine rings is 1. The molecule has 1 heterocycles. The SMILES string of the molecule is CCc1ccc(CN(C)C(=O)c2ccnc(OCc3ccccc3)c2)cc1. The van der Waals surface area contributed by atoms with Crippen LogP contribution in [-0.4, -0.2) is 22.8 Å². The first-order chi connectivity index (χ1) is 13.2. The molecule has 0 atom stereocenters. The van der Waals surface area contributed by atoms with E-state index in [2.05, 4.69) is 36.2 Å². The Morgan fingerprint density at radius 2 is 1.67 bits per heavy atom. The highest BCUT2D eigenvalue weighted by molar-refractivity contribution is 5.94. The molecule has 0 aliphatic rings. The number of hydrogen-bond donors (Lipinski definition) is 0. The number of ether oxygens (including phenoxy) is 1. The maximum absolute atomic E-state index is 12.7. The number of carbonyl (C=O) groups is 1. The fraction of sp³-hybridized carbons (Fsp3) is 0.217. The number of benzene rings is 2. The van der Waals surface area contributed by atoms with E-state index in [1.54, 1.807) is 30.3 Å². The quantitative estimate of drug-likeness (QED) is 0.623. The molecule has 3 aromatic rings. The molecule has 0 N–H and O–H groups in total. The number of aryl methyl sites for hydroxylation is 1. The van der Waals surface area contributed by atoms with Crippen molar-refractivity contribution in [2.24, 2.45) is 0 Å². The molecule has 1 aromatic heterocycles. The Balaban J connectivity index is 1.63. The maximum atomic E-state index is 12.7. The second-order valence-electron chi connectivity index (χ2n) is 6.49. The van der Waals surface area contributed by atoms with E-state index in [9.17, 15) is 4.79 Å². The molecule has 4 heteroatoms. The monoisotopic (exact) mass is 360 g/mol. The normalized spacial score (nSPS) is 10.4. The smallest absolute Gasteiger partial charge is 0.254 e. The van der Waals surface area contributed by atoms with E-state index in [1.807, 2.05) is 30.3 Å². The summed E-state index contributed by atoms with van der Waals surface area (Å²) in [6.07, 6.45) is 2.62. The zero-order valence-corrected chi connectivity index (χ0v) is 15.8. The van der Waals surface area contributed by atoms with Crippen molar-refractivity contribution in [2.45, 2.75) is 26.5 Å². The topological polar surface area (TPSA) is 42.4 Å². The van der Waals surface area contributed by atoms with Gasteiger partial charge in [0.2, 0.25) is 5.88 Å². The first-order valence-electron chi connectivity index (χ1n) is 9.11. The van der Waals surface area contributed by atoms with Gasteiger partial charge in [0.15, 0.2) is 0 Å². The van der Waals surface area contributed by atoms with Crippen LogP contribution in [0.1, 0.15) is 34.0 Å². The Morgan fingerprint density at radius 1 is 0.963 bits per heavy atom. The van der Waals surface area contributed by atoms with Crippen LogP contribution >= 0.6 is 0 Å². The van der Waals surface area contributed by atoms with Gasteiger partial charge >= 0.3 is 0 Å². The van der Waals surface area contributed by atoms with E-state index in [1.165, 1.54) is 5.56 Å². The summed E-state index contributed by atoms with van der Waals surface area (Å²) in [7, 11) is 1.81. The van der Waals surface area contributed by atoms with E-state index in [4.69, 9.17) is 4.74 Å². The largest absolute Gasteiger partial charge is 0.473 e. The summed E-state index contributed by atoms with van der Waals surface area (Å²) in [6.45, 7) is 3.11. The predicted octanol–water partition coefficient (Wildman–Crippen LogP) is 4.50. The molecule has 0 fully saturated rings. The Hall–Kier alpha value is -3.14. The van der Waals surface area contributed by atoms with Crippen molar-refractivity contribution >= 4 is 5.91 Å². The molecule has 1 amide bonds. The molecular formula is C23H24N2O2. The Kier molecular flexibility index (Phi) is 6.21. The third-order valence-electron chi connectivity index (χ3n) is 4.41. The number of rotatable bonds is 7. The molecule has 2 aromatic carbocycles. The molecule has 138 valence electrons. The Labute approximate surface area is 160 Å². The number of carbonyl (C=O) groups excluding carboxylic acids is 1. The van der Waals surface area contributed by atoms with E-state index >= 15 is 0 Å². The van der Waals surface area contributed by atoms with Crippen molar-refractivity contribution in [1.29, 1.82) is 0 Å². The van der Waals surface area contributed by atoms with Crippen LogP contribution < -0.4 is 4.74 Å². The third-order valence-corrected chi connectivity index (χ3v) is 4.41. The van der Waals surface area contributed by atoms with Crippen LogP contribution in [0.3, 0.4) is 0 Å². The number of nitrogens with zero attached hydrogens (tertiary/aromatic N) is 2. The highest BCUT2D eigenvalue weighted by atomic mass is 16.5. The fourth-order valence-electron chi connectivity index (χ4n) is 2.80. The Bertz CT molecular complexity index is 876. The summed E-state index contributed by atoms with van der Waals surface area (Å²) >= 11 is 0. The van der Waals surface area contributed by atoms with Gasteiger partial charge < -0.3 is 9.64 Å². The minimum Gasteiger partial charge on any atom is -0.473 e. The van der Waals surface area contributed by atoms with Crippen molar-refractivity contribution in [3.63, 3.8) is 0 Å². The van der Waals surface area contributed by atoms with Crippen molar-refractivity contribution in [3.8, 4) is 5.88 Å². The van der Waals surface area contributed by atoms with Gasteiger partial charge in [-0.15, -0.1) is 0 Å². The first kappa shape index (κ1) is 18.6. The summed E-state index contributed by atoms with van der Waals surface area (Å²) in [5.41, 5.74) is 4.03. The second-order valence-corrected chi connectivity index (χ2v) is 6.49. The van der Waals surface area contributed by atoms with Crippen molar-refractivity contribution in [3.05, 3.63) is 95.2 Å². The van der Waals surface area contributed by atoms with Crippen molar-refractivity contribution in [2.75, 3.05) is 7.05 Å². The Morgan fingerprint density at radius 3 is 2.37 bits per heavy atom. The fourth-order valence-corrected chi connectivity index (χ4v) is 2.80. The second kappa shape index (κ2) is 8.99. The van der Waals surface area contributed by atoms with Gasteiger partial charge in [-0.25, -0.2) is 4.98 Å². The lowest BCUT2D eigenvalue weighted by molar-refractivity contribution is 0.0784. The minimum atomic E-state index is -0.0541. The van der Waals surface area contributed by atoms with Gasteiger partial charge in [0.05, 0.1) is 0 Å². The van der Waals surface area contributed by atoms with Crippen LogP contribution in [0.25, 0.3) is 0 Å². The lowest BCUT2D eigenvalue weighted by Crippen LogP contribution is -2.26. The van der Waals surface area contributed by atoms with E-state index in [0.717, 1.165) is 17.5 Å². The van der Waals surface area contributed by atoms with Gasteiger partial charge in [0, 0.05) is 31.4 Å². The van der Waals surface area contributed by atoms with Crippen LogP contribution in [0.15, 0.2) is 72.9 Å². The molecule has 3 rings (SSSR count). The highest BCUT2D eigenvalue weighted by Crippen LogP contribution is 2.15.